The highest BCUT2D eigenvalue weighted by molar-refractivity contribution is 7.99. The van der Waals surface area contributed by atoms with E-state index < -0.39 is 0 Å². The summed E-state index contributed by atoms with van der Waals surface area (Å²) in [5, 5.41) is 3.39. The van der Waals surface area contributed by atoms with Crippen molar-refractivity contribution >= 4 is 11.8 Å². The van der Waals surface area contributed by atoms with Crippen molar-refractivity contribution in [2.75, 3.05) is 5.88 Å². The largest absolute Gasteiger partial charge is 0.305 e. The second kappa shape index (κ2) is 5.42. The molecular weight excluding hydrogens is 190 g/mol. The quantitative estimate of drug-likeness (QED) is 0.603. The normalized spacial score (nSPS) is 10.9. The molecule has 78 valence electrons. The van der Waals surface area contributed by atoms with E-state index >= 15 is 0 Å². The topological polar surface area (TPSA) is 12.0 Å². The van der Waals surface area contributed by atoms with Gasteiger partial charge in [-0.15, -0.1) is 11.8 Å². The molecule has 0 saturated carbocycles. The average Bonchev–Trinajstić information content (AvgIpc) is 2.10. The monoisotopic (exact) mass is 209 g/mol. The molecule has 0 saturated heterocycles. The smallest absolute Gasteiger partial charge is 0.0467 e. The highest BCUT2D eigenvalue weighted by Gasteiger charge is 1.97. The molecule has 0 aliphatic carbocycles. The summed E-state index contributed by atoms with van der Waals surface area (Å²) in [6.45, 7) is 8.65. The third-order valence-corrected chi connectivity index (χ3v) is 3.11. The molecule has 0 amide bonds. The molecule has 14 heavy (non-hydrogen) atoms. The molecule has 0 unspecified atom stereocenters. The lowest BCUT2D eigenvalue weighted by Crippen LogP contribution is -2.21. The van der Waals surface area contributed by atoms with Crippen LogP contribution in [0.3, 0.4) is 0 Å². The summed E-state index contributed by atoms with van der Waals surface area (Å²) in [7, 11) is 0. The Hall–Kier alpha value is -0.470. The van der Waals surface area contributed by atoms with Gasteiger partial charge in [0.15, 0.2) is 0 Å². The predicted octanol–water partition coefficient (Wildman–Crippen LogP) is 3.35. The number of hydrogen-bond acceptors (Lipinski definition) is 2. The van der Waals surface area contributed by atoms with Crippen LogP contribution in [-0.4, -0.2) is 11.9 Å². The molecule has 1 aromatic carbocycles. The lowest BCUT2D eigenvalue weighted by molar-refractivity contribution is 0.654. The van der Waals surface area contributed by atoms with Crippen molar-refractivity contribution in [1.29, 1.82) is 0 Å². The van der Waals surface area contributed by atoms with Crippen LogP contribution in [0.5, 0.6) is 0 Å². The lowest BCUT2D eigenvalue weighted by Gasteiger charge is -2.08. The maximum absolute atomic E-state index is 3.39. The number of rotatable bonds is 4. The van der Waals surface area contributed by atoms with Crippen LogP contribution < -0.4 is 5.32 Å². The highest BCUT2D eigenvalue weighted by atomic mass is 32.2. The predicted molar refractivity (Wildman–Crippen MR) is 64.9 cm³/mol. The minimum atomic E-state index is 0.564. The van der Waals surface area contributed by atoms with Crippen LogP contribution in [0.4, 0.5) is 0 Å². The molecular formula is C12H19NS. The van der Waals surface area contributed by atoms with E-state index in [2.05, 4.69) is 51.2 Å². The Bertz CT molecular complexity index is 294. The first kappa shape index (κ1) is 11.6. The van der Waals surface area contributed by atoms with Crippen LogP contribution in [0.15, 0.2) is 23.1 Å². The number of aryl methyl sites for hydroxylation is 2. The summed E-state index contributed by atoms with van der Waals surface area (Å²) >= 11 is 1.86. The molecule has 2 heteroatoms. The second-order valence-corrected chi connectivity index (χ2v) is 4.94. The van der Waals surface area contributed by atoms with Crippen LogP contribution >= 0.6 is 11.8 Å². The Morgan fingerprint density at radius 2 is 1.93 bits per heavy atom. The fourth-order valence-corrected chi connectivity index (χ4v) is 2.10. The van der Waals surface area contributed by atoms with E-state index in [4.69, 9.17) is 0 Å². The summed E-state index contributed by atoms with van der Waals surface area (Å²) in [5.41, 5.74) is 2.74. The SMILES string of the molecule is Cc1ccc(SCNC(C)C)cc1C. The van der Waals surface area contributed by atoms with E-state index in [1.54, 1.807) is 0 Å². The van der Waals surface area contributed by atoms with E-state index in [9.17, 15) is 0 Å². The maximum atomic E-state index is 3.39. The molecule has 0 aliphatic heterocycles. The third-order valence-electron chi connectivity index (χ3n) is 2.21. The minimum absolute atomic E-state index is 0.564. The first-order chi connectivity index (χ1) is 6.59. The molecule has 0 bridgehead atoms. The standard InChI is InChI=1S/C12H19NS/c1-9(2)13-8-14-12-6-5-10(3)11(4)7-12/h5-7,9,13H,8H2,1-4H3. The summed E-state index contributed by atoms with van der Waals surface area (Å²) in [4.78, 5) is 1.35. The highest BCUT2D eigenvalue weighted by Crippen LogP contribution is 2.19. The Labute approximate surface area is 91.3 Å². The molecule has 0 radical (unpaired) electrons. The number of thioether (sulfide) groups is 1. The molecule has 0 spiro atoms. The van der Waals surface area contributed by atoms with Gasteiger partial charge < -0.3 is 5.32 Å². The fraction of sp³-hybridized carbons (Fsp3) is 0.500. The van der Waals surface area contributed by atoms with Gasteiger partial charge in [0.1, 0.15) is 0 Å². The van der Waals surface area contributed by atoms with E-state index in [1.807, 2.05) is 11.8 Å². The van der Waals surface area contributed by atoms with Gasteiger partial charge in [0.2, 0.25) is 0 Å². The zero-order chi connectivity index (χ0) is 10.6. The van der Waals surface area contributed by atoms with Gasteiger partial charge in [0, 0.05) is 16.8 Å². The van der Waals surface area contributed by atoms with Crippen molar-refractivity contribution in [2.45, 2.75) is 38.6 Å². The van der Waals surface area contributed by atoms with Gasteiger partial charge in [0.05, 0.1) is 0 Å². The van der Waals surface area contributed by atoms with Crippen LogP contribution in [0.2, 0.25) is 0 Å². The van der Waals surface area contributed by atoms with Crippen molar-refractivity contribution in [3.8, 4) is 0 Å². The molecule has 1 N–H and O–H groups in total. The summed E-state index contributed by atoms with van der Waals surface area (Å²) < 4.78 is 0. The van der Waals surface area contributed by atoms with Crippen LogP contribution in [0.25, 0.3) is 0 Å². The van der Waals surface area contributed by atoms with Gasteiger partial charge >= 0.3 is 0 Å². The van der Waals surface area contributed by atoms with Gasteiger partial charge in [-0.05, 0) is 37.1 Å². The zero-order valence-electron chi connectivity index (χ0n) is 9.42. The molecule has 1 nitrogen and oxygen atoms in total. The molecule has 1 aromatic rings. The molecule has 0 atom stereocenters. The third kappa shape index (κ3) is 3.72. The minimum Gasteiger partial charge on any atom is -0.305 e. The van der Waals surface area contributed by atoms with Gasteiger partial charge in [-0.1, -0.05) is 19.9 Å². The molecule has 0 heterocycles. The van der Waals surface area contributed by atoms with Crippen molar-refractivity contribution in [1.82, 2.24) is 5.32 Å². The summed E-state index contributed by atoms with van der Waals surface area (Å²) in [5.74, 6) is 0.986. The number of hydrogen-bond donors (Lipinski definition) is 1. The first-order valence-corrected chi connectivity index (χ1v) is 6.01. The zero-order valence-corrected chi connectivity index (χ0v) is 10.2. The van der Waals surface area contributed by atoms with E-state index in [-0.39, 0.29) is 0 Å². The van der Waals surface area contributed by atoms with Gasteiger partial charge in [0.25, 0.3) is 0 Å². The van der Waals surface area contributed by atoms with Crippen molar-refractivity contribution in [3.05, 3.63) is 29.3 Å². The van der Waals surface area contributed by atoms with E-state index in [0.29, 0.717) is 6.04 Å². The van der Waals surface area contributed by atoms with Crippen LogP contribution in [0.1, 0.15) is 25.0 Å². The number of benzene rings is 1. The summed E-state index contributed by atoms with van der Waals surface area (Å²) in [6, 6.07) is 7.19. The average molecular weight is 209 g/mol. The summed E-state index contributed by atoms with van der Waals surface area (Å²) in [6.07, 6.45) is 0. The Balaban J connectivity index is 2.47. The van der Waals surface area contributed by atoms with Crippen molar-refractivity contribution < 1.29 is 0 Å². The van der Waals surface area contributed by atoms with Crippen molar-refractivity contribution in [2.24, 2.45) is 0 Å². The number of nitrogens with one attached hydrogen (secondary N) is 1. The second-order valence-electron chi connectivity index (χ2n) is 3.89. The fourth-order valence-electron chi connectivity index (χ4n) is 1.10. The maximum Gasteiger partial charge on any atom is 0.0467 e. The van der Waals surface area contributed by atoms with E-state index in [0.717, 1.165) is 5.88 Å². The van der Waals surface area contributed by atoms with Gasteiger partial charge in [-0.3, -0.25) is 0 Å². The molecule has 0 fully saturated rings. The lowest BCUT2D eigenvalue weighted by atomic mass is 10.1. The Morgan fingerprint density at radius 3 is 2.50 bits per heavy atom. The molecule has 0 aromatic heterocycles. The van der Waals surface area contributed by atoms with E-state index in [1.165, 1.54) is 16.0 Å². The molecule has 1 rings (SSSR count). The Morgan fingerprint density at radius 1 is 1.21 bits per heavy atom. The van der Waals surface area contributed by atoms with Crippen LogP contribution in [-0.2, 0) is 0 Å². The van der Waals surface area contributed by atoms with Gasteiger partial charge in [-0.25, -0.2) is 0 Å². The molecule has 0 aliphatic rings. The van der Waals surface area contributed by atoms with Crippen molar-refractivity contribution in [3.63, 3.8) is 0 Å². The van der Waals surface area contributed by atoms with Crippen LogP contribution in [0, 0.1) is 13.8 Å². The van der Waals surface area contributed by atoms with Gasteiger partial charge in [-0.2, -0.15) is 0 Å². The first-order valence-electron chi connectivity index (χ1n) is 5.03. The Kier molecular flexibility index (Phi) is 4.49.